The van der Waals surface area contributed by atoms with Crippen molar-refractivity contribution in [2.45, 2.75) is 366 Å². The summed E-state index contributed by atoms with van der Waals surface area (Å²) >= 11 is 0. The van der Waals surface area contributed by atoms with Gasteiger partial charge in [-0.25, -0.2) is 0 Å². The van der Waals surface area contributed by atoms with E-state index in [1.54, 1.807) is 6.08 Å². The molecule has 0 heterocycles. The summed E-state index contributed by atoms with van der Waals surface area (Å²) < 4.78 is 5.49. The predicted octanol–water partition coefficient (Wildman–Crippen LogP) is 20.2. The molecule has 0 aromatic carbocycles. The Hall–Kier alpha value is -1.66. The van der Waals surface area contributed by atoms with Gasteiger partial charge < -0.3 is 20.3 Å². The van der Waals surface area contributed by atoms with E-state index >= 15 is 0 Å². The van der Waals surface area contributed by atoms with Crippen LogP contribution in [0.5, 0.6) is 0 Å². The van der Waals surface area contributed by atoms with Gasteiger partial charge in [-0.05, 0) is 57.8 Å². The summed E-state index contributed by atoms with van der Waals surface area (Å²) in [5.74, 6) is -0.0598. The van der Waals surface area contributed by atoms with Crippen LogP contribution in [-0.2, 0) is 14.3 Å². The molecule has 6 heteroatoms. The smallest absolute Gasteiger partial charge is 0.305 e. The van der Waals surface area contributed by atoms with E-state index in [4.69, 9.17) is 4.74 Å². The minimum Gasteiger partial charge on any atom is -0.466 e. The first kappa shape index (κ1) is 69.3. The van der Waals surface area contributed by atoms with Crippen LogP contribution >= 0.6 is 0 Å². The maximum Gasteiger partial charge on any atom is 0.305 e. The zero-order chi connectivity index (χ0) is 51.4. The number of aliphatic hydroxyl groups excluding tert-OH is 2. The highest BCUT2D eigenvalue weighted by molar-refractivity contribution is 5.76. The number of hydrogen-bond donors (Lipinski definition) is 3. The van der Waals surface area contributed by atoms with Crippen molar-refractivity contribution in [3.05, 3.63) is 24.3 Å². The second-order valence-electron chi connectivity index (χ2n) is 22.1. The van der Waals surface area contributed by atoms with Crippen molar-refractivity contribution in [1.29, 1.82) is 0 Å². The van der Waals surface area contributed by atoms with Gasteiger partial charge in [0.15, 0.2) is 0 Å². The lowest BCUT2D eigenvalue weighted by Gasteiger charge is -2.20. The summed E-state index contributed by atoms with van der Waals surface area (Å²) in [7, 11) is 0. The van der Waals surface area contributed by atoms with Gasteiger partial charge in [-0.1, -0.05) is 308 Å². The number of carbonyl (C=O) groups is 2. The molecule has 0 aliphatic rings. The number of unbranched alkanes of at least 4 members (excludes halogenated alkanes) is 47. The summed E-state index contributed by atoms with van der Waals surface area (Å²) in [6, 6.07) is -0.633. The van der Waals surface area contributed by atoms with Crippen LogP contribution in [0.3, 0.4) is 0 Å². The zero-order valence-electron chi connectivity index (χ0n) is 48.0. The van der Waals surface area contributed by atoms with Crippen molar-refractivity contribution < 1.29 is 24.5 Å². The third-order valence-electron chi connectivity index (χ3n) is 15.0. The number of hydrogen-bond acceptors (Lipinski definition) is 5. The van der Waals surface area contributed by atoms with Gasteiger partial charge in [-0.15, -0.1) is 0 Å². The molecular weight excluding hydrogens is 875 g/mol. The van der Waals surface area contributed by atoms with E-state index in [9.17, 15) is 19.8 Å². The molecule has 71 heavy (non-hydrogen) atoms. The van der Waals surface area contributed by atoms with Crippen LogP contribution in [0.15, 0.2) is 24.3 Å². The van der Waals surface area contributed by atoms with Gasteiger partial charge in [-0.2, -0.15) is 0 Å². The number of nitrogens with one attached hydrogen (secondary N) is 1. The second-order valence-corrected chi connectivity index (χ2v) is 22.1. The van der Waals surface area contributed by atoms with E-state index in [0.29, 0.717) is 19.4 Å². The molecule has 6 nitrogen and oxygen atoms in total. The van der Waals surface area contributed by atoms with Gasteiger partial charge in [0, 0.05) is 12.8 Å². The summed E-state index contributed by atoms with van der Waals surface area (Å²) in [5.41, 5.74) is 0. The zero-order valence-corrected chi connectivity index (χ0v) is 48.0. The Morgan fingerprint density at radius 2 is 0.662 bits per heavy atom. The number of amides is 1. The van der Waals surface area contributed by atoms with E-state index in [2.05, 4.69) is 31.3 Å². The molecule has 0 saturated heterocycles. The molecule has 0 aliphatic heterocycles. The maximum atomic E-state index is 12.5. The highest BCUT2D eigenvalue weighted by atomic mass is 16.5. The van der Waals surface area contributed by atoms with Crippen LogP contribution in [0.2, 0.25) is 0 Å². The fraction of sp³-hybridized carbons (Fsp3) is 0.908. The summed E-state index contributed by atoms with van der Waals surface area (Å²) in [4.78, 5) is 24.5. The Morgan fingerprint density at radius 3 is 1.00 bits per heavy atom. The number of aliphatic hydroxyl groups is 2. The highest BCUT2D eigenvalue weighted by Gasteiger charge is 2.18. The van der Waals surface area contributed by atoms with Crippen LogP contribution in [0.1, 0.15) is 354 Å². The lowest BCUT2D eigenvalue weighted by atomic mass is 10.0. The summed E-state index contributed by atoms with van der Waals surface area (Å²) in [6.45, 7) is 4.93. The first-order valence-corrected chi connectivity index (χ1v) is 32.1. The molecule has 0 saturated carbocycles. The van der Waals surface area contributed by atoms with Crippen LogP contribution < -0.4 is 5.32 Å². The monoisotopic (exact) mass is 1000 g/mol. The van der Waals surface area contributed by atoms with E-state index < -0.39 is 12.1 Å². The van der Waals surface area contributed by atoms with E-state index in [-0.39, 0.29) is 18.5 Å². The lowest BCUT2D eigenvalue weighted by molar-refractivity contribution is -0.143. The number of allylic oxidation sites excluding steroid dienone is 3. The average Bonchev–Trinajstić information content (AvgIpc) is 3.37. The molecule has 0 aromatic heterocycles. The van der Waals surface area contributed by atoms with Gasteiger partial charge in [0.25, 0.3) is 0 Å². The van der Waals surface area contributed by atoms with E-state index in [1.807, 2.05) is 6.08 Å². The number of esters is 1. The molecule has 2 unspecified atom stereocenters. The van der Waals surface area contributed by atoms with Crippen molar-refractivity contribution in [2.75, 3.05) is 13.2 Å². The molecule has 0 aromatic rings. The van der Waals surface area contributed by atoms with Crippen LogP contribution in [0.4, 0.5) is 0 Å². The van der Waals surface area contributed by atoms with Crippen molar-refractivity contribution >= 4 is 11.9 Å². The Morgan fingerprint density at radius 1 is 0.380 bits per heavy atom. The minimum absolute atomic E-state index is 0.0127. The Kier molecular flexibility index (Phi) is 59.5. The van der Waals surface area contributed by atoms with Crippen molar-refractivity contribution in [3.8, 4) is 0 Å². The quantitative estimate of drug-likeness (QED) is 0.0320. The van der Waals surface area contributed by atoms with E-state index in [0.717, 1.165) is 44.9 Å². The third kappa shape index (κ3) is 57.5. The number of carbonyl (C=O) groups excluding carboxylic acids is 2. The lowest BCUT2D eigenvalue weighted by Crippen LogP contribution is -2.45. The summed E-state index contributed by atoms with van der Waals surface area (Å²) in [5, 5.41) is 23.2. The molecule has 1 amide bonds. The largest absolute Gasteiger partial charge is 0.466 e. The molecular formula is C65H125NO5. The topological polar surface area (TPSA) is 95.9 Å². The molecule has 0 radical (unpaired) electrons. The predicted molar refractivity (Wildman–Crippen MR) is 310 cm³/mol. The second kappa shape index (κ2) is 60.9. The molecule has 0 bridgehead atoms. The molecule has 0 aliphatic carbocycles. The van der Waals surface area contributed by atoms with Gasteiger partial charge in [0.2, 0.25) is 5.91 Å². The molecule has 3 N–H and O–H groups in total. The Balaban J connectivity index is 3.43. The normalized spacial score (nSPS) is 12.7. The molecule has 0 rings (SSSR count). The number of rotatable bonds is 60. The van der Waals surface area contributed by atoms with Gasteiger partial charge >= 0.3 is 5.97 Å². The number of ether oxygens (including phenoxy) is 1. The first-order valence-electron chi connectivity index (χ1n) is 32.1. The SMILES string of the molecule is CCCCCCCCCCCCCCCCC/C=C/C(O)C(CO)NC(=O)CCCCCCCCC/C=C\CCCCCCCCCCCCCOC(=O)CCCCCCCCCCCCCCCCC. The Labute approximate surface area is 443 Å². The van der Waals surface area contributed by atoms with Gasteiger partial charge in [-0.3, -0.25) is 9.59 Å². The maximum absolute atomic E-state index is 12.5. The average molecular weight is 1000 g/mol. The van der Waals surface area contributed by atoms with Gasteiger partial charge in [0.1, 0.15) is 0 Å². The van der Waals surface area contributed by atoms with Crippen LogP contribution in [-0.4, -0.2) is 47.4 Å². The molecule has 2 atom stereocenters. The Bertz CT molecular complexity index is 1110. The van der Waals surface area contributed by atoms with Crippen LogP contribution in [0, 0.1) is 0 Å². The third-order valence-corrected chi connectivity index (χ3v) is 15.0. The van der Waals surface area contributed by atoms with Crippen LogP contribution in [0.25, 0.3) is 0 Å². The van der Waals surface area contributed by atoms with Crippen molar-refractivity contribution in [3.63, 3.8) is 0 Å². The van der Waals surface area contributed by atoms with Crippen molar-refractivity contribution in [1.82, 2.24) is 5.32 Å². The molecule has 420 valence electrons. The fourth-order valence-corrected chi connectivity index (χ4v) is 10.0. The molecule has 0 fully saturated rings. The summed E-state index contributed by atoms with van der Waals surface area (Å²) in [6.07, 6.45) is 75.1. The van der Waals surface area contributed by atoms with E-state index in [1.165, 1.54) is 283 Å². The minimum atomic E-state index is -0.849. The highest BCUT2D eigenvalue weighted by Crippen LogP contribution is 2.18. The first-order chi connectivity index (χ1) is 35.0. The fourth-order valence-electron chi connectivity index (χ4n) is 10.0. The standard InChI is InChI=1S/C65H125NO5/c1-3-5-7-9-11-13-15-17-19-26-30-33-37-41-45-49-53-57-63(68)62(61-67)66-64(69)58-54-50-46-42-38-34-31-27-24-22-20-21-23-25-28-32-36-40-44-48-52-56-60-71-65(70)59-55-51-47-43-39-35-29-18-16-14-12-10-8-6-4-2/h22,24,53,57,62-63,67-68H,3-21,23,25-52,54-56,58-61H2,1-2H3,(H,66,69)/b24-22-,57-53+. The van der Waals surface area contributed by atoms with Crippen molar-refractivity contribution in [2.24, 2.45) is 0 Å². The van der Waals surface area contributed by atoms with Gasteiger partial charge in [0.05, 0.1) is 25.4 Å². The molecule has 0 spiro atoms.